The third-order valence-electron chi connectivity index (χ3n) is 0.558. The van der Waals surface area contributed by atoms with E-state index in [4.69, 9.17) is 10.8 Å². The van der Waals surface area contributed by atoms with Crippen LogP contribution in [0.5, 0.6) is 0 Å². The maximum absolute atomic E-state index is 8.58. The Bertz CT molecular complexity index is 68.5. The Morgan fingerprint density at radius 3 is 2.43 bits per heavy atom. The number of nitrogens with two attached hydrogens (primary N) is 1. The normalized spacial score (nSPS) is 13.4. The summed E-state index contributed by atoms with van der Waals surface area (Å²) in [6.07, 6.45) is 0.150. The third-order valence-corrected chi connectivity index (χ3v) is 0.558. The molecule has 0 aromatic carbocycles. The van der Waals surface area contributed by atoms with Gasteiger partial charge in [0.1, 0.15) is 0 Å². The third kappa shape index (κ3) is 5.50. The van der Waals surface area contributed by atoms with Crippen molar-refractivity contribution in [3.05, 3.63) is 12.3 Å². The fourth-order valence-corrected chi connectivity index (χ4v) is 0.379. The highest BCUT2D eigenvalue weighted by molar-refractivity contribution is 4.87. The van der Waals surface area contributed by atoms with Crippen LogP contribution in [-0.4, -0.2) is 11.2 Å². The second-order valence-electron chi connectivity index (χ2n) is 1.71. The zero-order valence-electron chi connectivity index (χ0n) is 4.52. The highest BCUT2D eigenvalue weighted by atomic mass is 16.3. The highest BCUT2D eigenvalue weighted by Crippen LogP contribution is 1.92. The van der Waals surface area contributed by atoms with Gasteiger partial charge in [0.05, 0.1) is 6.10 Å². The van der Waals surface area contributed by atoms with Gasteiger partial charge in [-0.2, -0.15) is 0 Å². The lowest BCUT2D eigenvalue weighted by Gasteiger charge is -1.99. The largest absolute Gasteiger partial charge is 0.402 e. The van der Waals surface area contributed by atoms with E-state index in [2.05, 4.69) is 6.58 Å². The molecule has 1 unspecified atom stereocenters. The molecular weight excluding hydrogens is 90.1 g/mol. The van der Waals surface area contributed by atoms with Gasteiger partial charge >= 0.3 is 0 Å². The summed E-state index contributed by atoms with van der Waals surface area (Å²) in [5.74, 6) is 0. The molecule has 0 rings (SSSR count). The standard InChI is InChI=1S/C5H11NO/c1-4(6)3-5(2)7/h5,7H,1,3,6H2,2H3. The average molecular weight is 101 g/mol. The lowest BCUT2D eigenvalue weighted by atomic mass is 10.2. The first-order valence-corrected chi connectivity index (χ1v) is 2.24. The van der Waals surface area contributed by atoms with Gasteiger partial charge < -0.3 is 10.8 Å². The van der Waals surface area contributed by atoms with Crippen LogP contribution in [0.4, 0.5) is 0 Å². The van der Waals surface area contributed by atoms with Crippen LogP contribution < -0.4 is 5.73 Å². The van der Waals surface area contributed by atoms with Crippen molar-refractivity contribution < 1.29 is 5.11 Å². The predicted molar refractivity (Wildman–Crippen MR) is 29.6 cm³/mol. The number of hydrogen-bond donors (Lipinski definition) is 2. The molecule has 2 heteroatoms. The van der Waals surface area contributed by atoms with E-state index in [1.54, 1.807) is 6.92 Å². The molecule has 0 saturated heterocycles. The Labute approximate surface area is 43.6 Å². The van der Waals surface area contributed by atoms with E-state index in [1.165, 1.54) is 0 Å². The van der Waals surface area contributed by atoms with E-state index in [1.807, 2.05) is 0 Å². The SMILES string of the molecule is C=C(N)CC(C)O. The molecule has 0 aromatic heterocycles. The summed E-state index contributed by atoms with van der Waals surface area (Å²) in [4.78, 5) is 0. The smallest absolute Gasteiger partial charge is 0.0566 e. The minimum atomic E-state index is -0.350. The molecule has 1 atom stereocenters. The molecular formula is C5H11NO. The van der Waals surface area contributed by atoms with E-state index >= 15 is 0 Å². The summed E-state index contributed by atoms with van der Waals surface area (Å²) in [6.45, 7) is 5.09. The second-order valence-corrected chi connectivity index (χ2v) is 1.71. The Kier molecular flexibility index (Phi) is 2.45. The van der Waals surface area contributed by atoms with Crippen molar-refractivity contribution in [2.45, 2.75) is 19.4 Å². The fraction of sp³-hybridized carbons (Fsp3) is 0.600. The summed E-state index contributed by atoms with van der Waals surface area (Å²) >= 11 is 0. The first-order chi connectivity index (χ1) is 3.13. The molecule has 0 aliphatic carbocycles. The summed E-state index contributed by atoms with van der Waals surface area (Å²) < 4.78 is 0. The van der Waals surface area contributed by atoms with Crippen LogP contribution in [0.3, 0.4) is 0 Å². The van der Waals surface area contributed by atoms with Crippen LogP contribution in [-0.2, 0) is 0 Å². The molecule has 2 nitrogen and oxygen atoms in total. The fourth-order valence-electron chi connectivity index (χ4n) is 0.379. The first-order valence-electron chi connectivity index (χ1n) is 2.24. The van der Waals surface area contributed by atoms with Crippen LogP contribution in [0.25, 0.3) is 0 Å². The van der Waals surface area contributed by atoms with Gasteiger partial charge in [-0.15, -0.1) is 0 Å². The average Bonchev–Trinajstić information content (AvgIpc) is 1.27. The van der Waals surface area contributed by atoms with Crippen molar-refractivity contribution in [2.75, 3.05) is 0 Å². The number of hydrogen-bond acceptors (Lipinski definition) is 2. The van der Waals surface area contributed by atoms with E-state index in [9.17, 15) is 0 Å². The number of aliphatic hydroxyl groups is 1. The Hall–Kier alpha value is -0.500. The number of rotatable bonds is 2. The molecule has 0 aromatic rings. The lowest BCUT2D eigenvalue weighted by Crippen LogP contribution is -2.05. The van der Waals surface area contributed by atoms with Crippen molar-refractivity contribution in [3.63, 3.8) is 0 Å². The zero-order valence-corrected chi connectivity index (χ0v) is 4.52. The van der Waals surface area contributed by atoms with Gasteiger partial charge in [-0.1, -0.05) is 6.58 Å². The van der Waals surface area contributed by atoms with E-state index < -0.39 is 0 Å². The van der Waals surface area contributed by atoms with Crippen LogP contribution >= 0.6 is 0 Å². The molecule has 0 spiro atoms. The second kappa shape index (κ2) is 2.64. The van der Waals surface area contributed by atoms with Gasteiger partial charge in [0.2, 0.25) is 0 Å². The summed E-state index contributed by atoms with van der Waals surface area (Å²) in [6, 6.07) is 0. The maximum Gasteiger partial charge on any atom is 0.0566 e. The zero-order chi connectivity index (χ0) is 5.86. The predicted octanol–water partition coefficient (Wildman–Crippen LogP) is 0.230. The van der Waals surface area contributed by atoms with Crippen molar-refractivity contribution in [1.82, 2.24) is 0 Å². The van der Waals surface area contributed by atoms with Crippen molar-refractivity contribution in [1.29, 1.82) is 0 Å². The summed E-state index contributed by atoms with van der Waals surface area (Å²) in [5.41, 5.74) is 5.68. The Morgan fingerprint density at radius 2 is 2.43 bits per heavy atom. The van der Waals surface area contributed by atoms with E-state index in [-0.39, 0.29) is 6.10 Å². The Balaban J connectivity index is 3.13. The summed E-state index contributed by atoms with van der Waals surface area (Å²) in [7, 11) is 0. The monoisotopic (exact) mass is 101 g/mol. The van der Waals surface area contributed by atoms with Gasteiger partial charge in [0.15, 0.2) is 0 Å². The lowest BCUT2D eigenvalue weighted by molar-refractivity contribution is 0.195. The number of aliphatic hydroxyl groups excluding tert-OH is 1. The molecule has 0 fully saturated rings. The molecule has 7 heavy (non-hydrogen) atoms. The molecule has 0 bridgehead atoms. The topological polar surface area (TPSA) is 46.2 Å². The van der Waals surface area contributed by atoms with Gasteiger partial charge in [0, 0.05) is 12.1 Å². The van der Waals surface area contributed by atoms with Gasteiger partial charge in [-0.25, -0.2) is 0 Å². The van der Waals surface area contributed by atoms with Crippen molar-refractivity contribution in [2.24, 2.45) is 5.73 Å². The van der Waals surface area contributed by atoms with Crippen LogP contribution in [0.2, 0.25) is 0 Å². The maximum atomic E-state index is 8.58. The minimum absolute atomic E-state index is 0.350. The highest BCUT2D eigenvalue weighted by Gasteiger charge is 1.92. The molecule has 0 saturated carbocycles. The van der Waals surface area contributed by atoms with Gasteiger partial charge in [-0.05, 0) is 6.92 Å². The van der Waals surface area contributed by atoms with Crippen LogP contribution in [0, 0.1) is 0 Å². The molecule has 42 valence electrons. The van der Waals surface area contributed by atoms with Gasteiger partial charge in [-0.3, -0.25) is 0 Å². The Morgan fingerprint density at radius 1 is 2.00 bits per heavy atom. The van der Waals surface area contributed by atoms with Crippen LogP contribution in [0.15, 0.2) is 12.3 Å². The van der Waals surface area contributed by atoms with Crippen molar-refractivity contribution >= 4 is 0 Å². The molecule has 0 aliphatic heterocycles. The van der Waals surface area contributed by atoms with Crippen LogP contribution in [0.1, 0.15) is 13.3 Å². The van der Waals surface area contributed by atoms with E-state index in [0.717, 1.165) is 0 Å². The molecule has 0 heterocycles. The van der Waals surface area contributed by atoms with E-state index in [0.29, 0.717) is 12.1 Å². The molecule has 3 N–H and O–H groups in total. The quantitative estimate of drug-likeness (QED) is 0.523. The molecule has 0 aliphatic rings. The minimum Gasteiger partial charge on any atom is -0.402 e. The first kappa shape index (κ1) is 6.50. The van der Waals surface area contributed by atoms with Crippen molar-refractivity contribution in [3.8, 4) is 0 Å². The summed E-state index contributed by atoms with van der Waals surface area (Å²) in [5, 5.41) is 8.58. The molecule has 0 amide bonds. The van der Waals surface area contributed by atoms with Gasteiger partial charge in [0.25, 0.3) is 0 Å². The molecule has 0 radical (unpaired) electrons.